The van der Waals surface area contributed by atoms with Gasteiger partial charge in [-0.2, -0.15) is 5.10 Å². The van der Waals surface area contributed by atoms with Crippen molar-refractivity contribution in [3.8, 4) is 17.0 Å². The number of nitrogens with one attached hydrogen (secondary N) is 3. The van der Waals surface area contributed by atoms with E-state index < -0.39 is 5.91 Å². The number of carbonyl (C=O) groups is 2. The van der Waals surface area contributed by atoms with Gasteiger partial charge < -0.3 is 20.5 Å². The summed E-state index contributed by atoms with van der Waals surface area (Å²) in [6.45, 7) is 3.67. The molecule has 174 valence electrons. The summed E-state index contributed by atoms with van der Waals surface area (Å²) in [4.78, 5) is 27.0. The highest BCUT2D eigenvalue weighted by molar-refractivity contribution is 7.17. The number of amides is 2. The minimum absolute atomic E-state index is 0.0100. The molecule has 0 spiro atoms. The molecule has 0 saturated heterocycles. The van der Waals surface area contributed by atoms with E-state index in [2.05, 4.69) is 20.8 Å². The SMILES string of the molecule is CCOCCCNC(=O)c1c(NC(=O)c2cc(-c3cc(Cl)ccc3O)n[nH]2)sc2c1CCC2. The fraction of sp³-hybridized carbons (Fsp3) is 0.348. The van der Waals surface area contributed by atoms with Crippen LogP contribution in [0.5, 0.6) is 5.75 Å². The van der Waals surface area contributed by atoms with Crippen LogP contribution >= 0.6 is 22.9 Å². The number of aromatic hydroxyl groups is 1. The van der Waals surface area contributed by atoms with Gasteiger partial charge in [-0.15, -0.1) is 11.3 Å². The van der Waals surface area contributed by atoms with E-state index in [1.165, 1.54) is 23.5 Å². The van der Waals surface area contributed by atoms with Crippen molar-refractivity contribution < 1.29 is 19.4 Å². The summed E-state index contributed by atoms with van der Waals surface area (Å²) in [7, 11) is 0. The number of nitrogens with zero attached hydrogens (tertiary/aromatic N) is 1. The quantitative estimate of drug-likeness (QED) is 0.333. The molecule has 0 fully saturated rings. The molecule has 2 aromatic heterocycles. The average Bonchev–Trinajstić information content (AvgIpc) is 3.51. The van der Waals surface area contributed by atoms with Gasteiger partial charge in [0.15, 0.2) is 0 Å². The Hall–Kier alpha value is -2.88. The highest BCUT2D eigenvalue weighted by atomic mass is 35.5. The number of ether oxygens (including phenoxy) is 1. The maximum Gasteiger partial charge on any atom is 0.274 e. The molecule has 0 aliphatic heterocycles. The molecule has 1 aromatic carbocycles. The number of H-pyrrole nitrogens is 1. The van der Waals surface area contributed by atoms with Crippen molar-refractivity contribution in [2.24, 2.45) is 0 Å². The number of carbonyl (C=O) groups excluding carboxylic acids is 2. The van der Waals surface area contributed by atoms with Crippen LogP contribution in [0, 0.1) is 0 Å². The van der Waals surface area contributed by atoms with Gasteiger partial charge in [0, 0.05) is 35.2 Å². The van der Waals surface area contributed by atoms with E-state index in [9.17, 15) is 14.7 Å². The number of aromatic nitrogens is 2. The summed E-state index contributed by atoms with van der Waals surface area (Å²) in [5.74, 6) is -0.591. The number of halogens is 1. The molecule has 8 nitrogen and oxygen atoms in total. The number of fused-ring (bicyclic) bond motifs is 1. The number of phenols is 1. The monoisotopic (exact) mass is 488 g/mol. The van der Waals surface area contributed by atoms with Gasteiger partial charge in [0.2, 0.25) is 0 Å². The third kappa shape index (κ3) is 5.21. The molecule has 3 aromatic rings. The van der Waals surface area contributed by atoms with Gasteiger partial charge in [0.1, 0.15) is 16.4 Å². The lowest BCUT2D eigenvalue weighted by Gasteiger charge is -2.09. The summed E-state index contributed by atoms with van der Waals surface area (Å²) >= 11 is 7.46. The van der Waals surface area contributed by atoms with Crippen LogP contribution in [0.15, 0.2) is 24.3 Å². The Morgan fingerprint density at radius 2 is 2.12 bits per heavy atom. The number of hydrogen-bond donors (Lipinski definition) is 4. The number of benzene rings is 1. The van der Waals surface area contributed by atoms with Gasteiger partial charge in [-0.3, -0.25) is 14.7 Å². The molecule has 1 aliphatic carbocycles. The van der Waals surface area contributed by atoms with Crippen molar-refractivity contribution in [1.29, 1.82) is 0 Å². The van der Waals surface area contributed by atoms with Crippen LogP contribution < -0.4 is 10.6 Å². The number of phenolic OH excluding ortho intramolecular Hbond substituents is 1. The predicted octanol–water partition coefficient (Wildman–Crippen LogP) is 4.39. The molecule has 4 N–H and O–H groups in total. The second-order valence-corrected chi connectivity index (χ2v) is 9.19. The Morgan fingerprint density at radius 3 is 2.94 bits per heavy atom. The van der Waals surface area contributed by atoms with Crippen molar-refractivity contribution >= 4 is 39.8 Å². The van der Waals surface area contributed by atoms with Crippen molar-refractivity contribution in [1.82, 2.24) is 15.5 Å². The molecule has 2 amide bonds. The Morgan fingerprint density at radius 1 is 1.27 bits per heavy atom. The number of aryl methyl sites for hydroxylation is 1. The maximum atomic E-state index is 12.9. The van der Waals surface area contributed by atoms with Gasteiger partial charge in [0.25, 0.3) is 11.8 Å². The van der Waals surface area contributed by atoms with E-state index in [1.807, 2.05) is 6.92 Å². The minimum atomic E-state index is -0.416. The van der Waals surface area contributed by atoms with Crippen molar-refractivity contribution in [2.45, 2.75) is 32.6 Å². The zero-order chi connectivity index (χ0) is 23.4. The summed E-state index contributed by atoms with van der Waals surface area (Å²) in [5.41, 5.74) is 2.58. The van der Waals surface area contributed by atoms with Gasteiger partial charge in [-0.1, -0.05) is 11.6 Å². The normalized spacial score (nSPS) is 12.5. The number of thiophene rings is 1. The first-order valence-electron chi connectivity index (χ1n) is 10.8. The summed E-state index contributed by atoms with van der Waals surface area (Å²) in [6, 6.07) is 6.15. The number of aromatic amines is 1. The minimum Gasteiger partial charge on any atom is -0.507 e. The second kappa shape index (κ2) is 10.4. The maximum absolute atomic E-state index is 12.9. The standard InChI is InChI=1S/C23H25ClN4O4S/c1-2-32-10-4-9-25-22(31)20-14-5-3-6-19(14)33-23(20)26-21(30)17-12-16(27-28-17)15-11-13(24)7-8-18(15)29/h7-8,11-12,29H,2-6,9-10H2,1H3,(H,25,31)(H,26,30)(H,27,28). The van der Waals surface area contributed by atoms with Crippen LogP contribution in [0.25, 0.3) is 11.3 Å². The molecular formula is C23H25ClN4O4S. The summed E-state index contributed by atoms with van der Waals surface area (Å²) in [5, 5.41) is 23.7. The Labute approximate surface area is 200 Å². The summed E-state index contributed by atoms with van der Waals surface area (Å²) in [6.07, 6.45) is 3.46. The number of hydrogen-bond acceptors (Lipinski definition) is 6. The molecule has 1 aliphatic rings. The largest absolute Gasteiger partial charge is 0.507 e. The van der Waals surface area contributed by atoms with Crippen LogP contribution in [0.1, 0.15) is 51.1 Å². The van der Waals surface area contributed by atoms with Crippen LogP contribution in [-0.4, -0.2) is 46.9 Å². The molecule has 10 heteroatoms. The van der Waals surface area contributed by atoms with E-state index >= 15 is 0 Å². The fourth-order valence-corrected chi connectivity index (χ4v) is 5.26. The molecule has 0 bridgehead atoms. The fourth-order valence-electron chi connectivity index (χ4n) is 3.80. The lowest BCUT2D eigenvalue weighted by Crippen LogP contribution is -2.27. The van der Waals surface area contributed by atoms with E-state index in [0.717, 1.165) is 36.1 Å². The van der Waals surface area contributed by atoms with Crippen molar-refractivity contribution in [3.05, 3.63) is 51.0 Å². The van der Waals surface area contributed by atoms with E-state index in [-0.39, 0.29) is 17.4 Å². The van der Waals surface area contributed by atoms with E-state index in [4.69, 9.17) is 16.3 Å². The Balaban J connectivity index is 1.50. The summed E-state index contributed by atoms with van der Waals surface area (Å²) < 4.78 is 5.31. The van der Waals surface area contributed by atoms with E-state index in [1.54, 1.807) is 12.1 Å². The molecule has 33 heavy (non-hydrogen) atoms. The van der Waals surface area contributed by atoms with Crippen LogP contribution in [0.3, 0.4) is 0 Å². The van der Waals surface area contributed by atoms with Gasteiger partial charge in [-0.05, 0) is 62.4 Å². The molecule has 0 unspecified atom stereocenters. The molecule has 4 rings (SSSR count). The lowest BCUT2D eigenvalue weighted by molar-refractivity contribution is 0.0944. The topological polar surface area (TPSA) is 116 Å². The molecule has 0 radical (unpaired) electrons. The molecule has 0 atom stereocenters. The number of rotatable bonds is 9. The molecular weight excluding hydrogens is 464 g/mol. The van der Waals surface area contributed by atoms with Crippen LogP contribution in [0.4, 0.5) is 5.00 Å². The lowest BCUT2D eigenvalue weighted by atomic mass is 10.1. The first kappa shape index (κ1) is 23.3. The van der Waals surface area contributed by atoms with Crippen molar-refractivity contribution in [3.63, 3.8) is 0 Å². The number of anilines is 1. The van der Waals surface area contributed by atoms with Crippen LogP contribution in [0.2, 0.25) is 5.02 Å². The van der Waals surface area contributed by atoms with E-state index in [0.29, 0.717) is 46.6 Å². The first-order valence-corrected chi connectivity index (χ1v) is 12.0. The Bertz CT molecular complexity index is 1170. The second-order valence-electron chi connectivity index (χ2n) is 7.65. The molecule has 2 heterocycles. The van der Waals surface area contributed by atoms with Gasteiger partial charge in [-0.25, -0.2) is 0 Å². The zero-order valence-corrected chi connectivity index (χ0v) is 19.7. The zero-order valence-electron chi connectivity index (χ0n) is 18.2. The highest BCUT2D eigenvalue weighted by Crippen LogP contribution is 2.39. The average molecular weight is 489 g/mol. The molecule has 0 saturated carbocycles. The van der Waals surface area contributed by atoms with Crippen LogP contribution in [-0.2, 0) is 17.6 Å². The van der Waals surface area contributed by atoms with Crippen molar-refractivity contribution in [2.75, 3.05) is 25.1 Å². The predicted molar refractivity (Wildman–Crippen MR) is 128 cm³/mol. The Kier molecular flexibility index (Phi) is 7.32. The van der Waals surface area contributed by atoms with Gasteiger partial charge >= 0.3 is 0 Å². The third-order valence-corrected chi connectivity index (χ3v) is 6.83. The van der Waals surface area contributed by atoms with Gasteiger partial charge in [0.05, 0.1) is 11.3 Å². The first-order chi connectivity index (χ1) is 16.0. The highest BCUT2D eigenvalue weighted by Gasteiger charge is 2.28. The smallest absolute Gasteiger partial charge is 0.274 e. The third-order valence-electron chi connectivity index (χ3n) is 5.39.